The van der Waals surface area contributed by atoms with E-state index in [4.69, 9.17) is 4.74 Å². The van der Waals surface area contributed by atoms with Gasteiger partial charge in [0.05, 0.1) is 23.5 Å². The van der Waals surface area contributed by atoms with Crippen LogP contribution in [0.2, 0.25) is 0 Å². The van der Waals surface area contributed by atoms with E-state index in [2.05, 4.69) is 37.4 Å². The molecular weight excluding hydrogens is 428 g/mol. The number of likely N-dealkylation sites (tertiary alicyclic amines) is 1. The molecule has 3 heterocycles. The van der Waals surface area contributed by atoms with E-state index in [1.54, 1.807) is 13.3 Å². The van der Waals surface area contributed by atoms with Gasteiger partial charge in [0, 0.05) is 43.8 Å². The number of methoxy groups -OCH3 is 1. The summed E-state index contributed by atoms with van der Waals surface area (Å²) < 4.78 is 7.40. The van der Waals surface area contributed by atoms with Crippen molar-refractivity contribution in [1.82, 2.24) is 24.6 Å². The van der Waals surface area contributed by atoms with E-state index in [0.717, 1.165) is 67.3 Å². The van der Waals surface area contributed by atoms with Crippen LogP contribution in [0.4, 0.5) is 5.95 Å². The molecule has 0 bridgehead atoms. The van der Waals surface area contributed by atoms with Gasteiger partial charge in [0.15, 0.2) is 0 Å². The molecule has 5 rings (SSSR count). The largest absolute Gasteiger partial charge is 0.381 e. The number of hydrogen-bond acceptors (Lipinski definition) is 6. The summed E-state index contributed by atoms with van der Waals surface area (Å²) in [5, 5.41) is 8.44. The number of anilines is 1. The number of fused-ring (bicyclic) bond motifs is 1. The Balaban J connectivity index is 1.34. The van der Waals surface area contributed by atoms with Crippen molar-refractivity contribution in [2.24, 2.45) is 13.0 Å². The molecule has 0 unspecified atom stereocenters. The van der Waals surface area contributed by atoms with Crippen molar-refractivity contribution in [2.75, 3.05) is 25.5 Å². The number of benzene rings is 1. The molecular formula is C26H34N6O2. The molecule has 1 saturated carbocycles. The molecule has 8 heteroatoms. The van der Waals surface area contributed by atoms with Crippen LogP contribution in [-0.2, 0) is 23.1 Å². The van der Waals surface area contributed by atoms with Gasteiger partial charge in [0.1, 0.15) is 0 Å². The second kappa shape index (κ2) is 10.2. The maximum atomic E-state index is 12.8. The quantitative estimate of drug-likeness (QED) is 0.592. The molecule has 0 atom stereocenters. The van der Waals surface area contributed by atoms with Crippen LogP contribution in [-0.4, -0.2) is 56.9 Å². The Bertz CT molecular complexity index is 1150. The fourth-order valence-corrected chi connectivity index (χ4v) is 5.24. The molecule has 1 saturated heterocycles. The molecule has 34 heavy (non-hydrogen) atoms. The fraction of sp³-hybridized carbons (Fsp3) is 0.538. The van der Waals surface area contributed by atoms with E-state index >= 15 is 0 Å². The number of carbonyl (C=O) groups excluding carboxylic acids is 1. The summed E-state index contributed by atoms with van der Waals surface area (Å²) in [6.45, 7) is 3.19. The van der Waals surface area contributed by atoms with Crippen molar-refractivity contribution in [1.29, 1.82) is 0 Å². The molecule has 0 radical (unpaired) electrons. The van der Waals surface area contributed by atoms with E-state index < -0.39 is 0 Å². The molecule has 1 aliphatic heterocycles. The van der Waals surface area contributed by atoms with Gasteiger partial charge in [0.2, 0.25) is 11.9 Å². The lowest BCUT2D eigenvalue weighted by Crippen LogP contribution is -2.30. The minimum absolute atomic E-state index is 0.00105. The van der Waals surface area contributed by atoms with Gasteiger partial charge in [-0.25, -0.2) is 9.97 Å². The lowest BCUT2D eigenvalue weighted by Gasteiger charge is -2.26. The molecule has 1 N–H and O–H groups in total. The molecule has 180 valence electrons. The third kappa shape index (κ3) is 4.98. The SMILES string of the molecule is COC1CCC(C(=O)Nc2ncc3ccc(-c4cnn(C)c4CN4CCCCC4)cc3n2)CC1. The van der Waals surface area contributed by atoms with Crippen LogP contribution in [0.1, 0.15) is 50.6 Å². The Labute approximate surface area is 200 Å². The molecule has 1 aliphatic carbocycles. The number of aryl methyl sites for hydroxylation is 1. The van der Waals surface area contributed by atoms with Crippen LogP contribution in [0.3, 0.4) is 0 Å². The first-order valence-corrected chi connectivity index (χ1v) is 12.4. The van der Waals surface area contributed by atoms with Gasteiger partial charge in [-0.15, -0.1) is 0 Å². The normalized spacial score (nSPS) is 21.6. The highest BCUT2D eigenvalue weighted by molar-refractivity contribution is 5.92. The zero-order valence-corrected chi connectivity index (χ0v) is 20.2. The number of carbonyl (C=O) groups is 1. The summed E-state index contributed by atoms with van der Waals surface area (Å²) in [5.74, 6) is 0.356. The Morgan fingerprint density at radius 3 is 2.68 bits per heavy atom. The lowest BCUT2D eigenvalue weighted by molar-refractivity contribution is -0.121. The van der Waals surface area contributed by atoms with E-state index in [0.29, 0.717) is 5.95 Å². The average Bonchev–Trinajstić information content (AvgIpc) is 3.24. The molecule has 2 aliphatic rings. The Morgan fingerprint density at radius 1 is 1.12 bits per heavy atom. The second-order valence-electron chi connectivity index (χ2n) is 9.63. The van der Waals surface area contributed by atoms with Crippen LogP contribution in [0.25, 0.3) is 22.0 Å². The number of piperidine rings is 1. The van der Waals surface area contributed by atoms with Gasteiger partial charge < -0.3 is 4.74 Å². The van der Waals surface area contributed by atoms with Gasteiger partial charge in [-0.1, -0.05) is 18.6 Å². The minimum atomic E-state index is -0.00947. The van der Waals surface area contributed by atoms with E-state index in [-0.39, 0.29) is 17.9 Å². The highest BCUT2D eigenvalue weighted by Crippen LogP contribution is 2.29. The topological polar surface area (TPSA) is 85.2 Å². The first-order valence-electron chi connectivity index (χ1n) is 12.4. The van der Waals surface area contributed by atoms with Gasteiger partial charge in [-0.2, -0.15) is 5.10 Å². The van der Waals surface area contributed by atoms with Crippen molar-refractivity contribution in [3.63, 3.8) is 0 Å². The van der Waals surface area contributed by atoms with E-state index in [1.165, 1.54) is 25.0 Å². The summed E-state index contributed by atoms with van der Waals surface area (Å²) in [7, 11) is 3.75. The maximum absolute atomic E-state index is 12.8. The van der Waals surface area contributed by atoms with Crippen LogP contribution >= 0.6 is 0 Å². The van der Waals surface area contributed by atoms with Gasteiger partial charge in [-0.3, -0.25) is 19.7 Å². The zero-order valence-electron chi connectivity index (χ0n) is 20.2. The van der Waals surface area contributed by atoms with Crippen LogP contribution in [0.15, 0.2) is 30.6 Å². The Morgan fingerprint density at radius 2 is 1.91 bits per heavy atom. The summed E-state index contributed by atoms with van der Waals surface area (Å²) in [4.78, 5) is 24.3. The number of hydrogen-bond donors (Lipinski definition) is 1. The zero-order chi connectivity index (χ0) is 23.5. The monoisotopic (exact) mass is 462 g/mol. The Kier molecular flexibility index (Phi) is 6.87. The number of amides is 1. The van der Waals surface area contributed by atoms with Gasteiger partial charge in [-0.05, 0) is 63.2 Å². The molecule has 3 aromatic rings. The lowest BCUT2D eigenvalue weighted by atomic mass is 9.87. The fourth-order valence-electron chi connectivity index (χ4n) is 5.24. The third-order valence-corrected chi connectivity index (χ3v) is 7.39. The maximum Gasteiger partial charge on any atom is 0.229 e. The van der Waals surface area contributed by atoms with Crippen molar-refractivity contribution < 1.29 is 9.53 Å². The van der Waals surface area contributed by atoms with E-state index in [9.17, 15) is 4.79 Å². The summed E-state index contributed by atoms with van der Waals surface area (Å²) in [6, 6.07) is 6.22. The van der Waals surface area contributed by atoms with Crippen LogP contribution < -0.4 is 5.32 Å². The Hall–Kier alpha value is -2.84. The first-order chi connectivity index (χ1) is 16.6. The van der Waals surface area contributed by atoms with Gasteiger partial charge in [0.25, 0.3) is 0 Å². The minimum Gasteiger partial charge on any atom is -0.381 e. The summed E-state index contributed by atoms with van der Waals surface area (Å²) in [5.41, 5.74) is 4.25. The molecule has 2 fully saturated rings. The second-order valence-corrected chi connectivity index (χ2v) is 9.63. The number of nitrogens with one attached hydrogen (secondary N) is 1. The number of ether oxygens (including phenoxy) is 1. The van der Waals surface area contributed by atoms with Gasteiger partial charge >= 0.3 is 0 Å². The predicted molar refractivity (Wildman–Crippen MR) is 132 cm³/mol. The predicted octanol–water partition coefficient (Wildman–Crippen LogP) is 4.16. The molecule has 2 aromatic heterocycles. The highest BCUT2D eigenvalue weighted by Gasteiger charge is 2.26. The molecule has 8 nitrogen and oxygen atoms in total. The van der Waals surface area contributed by atoms with Crippen molar-refractivity contribution >= 4 is 22.8 Å². The highest BCUT2D eigenvalue weighted by atomic mass is 16.5. The molecule has 0 spiro atoms. The van der Waals surface area contributed by atoms with Crippen molar-refractivity contribution in [3.8, 4) is 11.1 Å². The molecule has 1 amide bonds. The summed E-state index contributed by atoms with van der Waals surface area (Å²) >= 11 is 0. The smallest absolute Gasteiger partial charge is 0.229 e. The van der Waals surface area contributed by atoms with Crippen molar-refractivity contribution in [2.45, 2.75) is 57.6 Å². The number of nitrogens with zero attached hydrogens (tertiary/aromatic N) is 5. The average molecular weight is 463 g/mol. The summed E-state index contributed by atoms with van der Waals surface area (Å²) in [6.07, 6.45) is 11.4. The standard InChI is InChI=1S/C26H34N6O2/c1-31-24(17-32-12-4-3-5-13-32)22(16-28-31)19-6-7-20-15-27-26(29-23(20)14-19)30-25(33)18-8-10-21(34-2)11-9-18/h6-7,14-16,18,21H,3-5,8-13,17H2,1-2H3,(H,27,29,30,33). The third-order valence-electron chi connectivity index (χ3n) is 7.39. The number of rotatable bonds is 6. The van der Waals surface area contributed by atoms with Crippen molar-refractivity contribution in [3.05, 3.63) is 36.3 Å². The molecule has 1 aromatic carbocycles. The van der Waals surface area contributed by atoms with E-state index in [1.807, 2.05) is 24.0 Å². The van der Waals surface area contributed by atoms with Crippen LogP contribution in [0, 0.1) is 5.92 Å². The number of aromatic nitrogens is 4. The first kappa shape index (κ1) is 22.9. The van der Waals surface area contributed by atoms with Crippen LogP contribution in [0.5, 0.6) is 0 Å².